The Morgan fingerprint density at radius 3 is 2.04 bits per heavy atom. The molecule has 1 aliphatic rings. The first-order valence-corrected chi connectivity index (χ1v) is 10.3. The second-order valence-electron chi connectivity index (χ2n) is 6.86. The lowest BCUT2D eigenvalue weighted by Gasteiger charge is -2.28. The van der Waals surface area contributed by atoms with Gasteiger partial charge in [0.2, 0.25) is 0 Å². The van der Waals surface area contributed by atoms with Crippen molar-refractivity contribution in [2.24, 2.45) is 0 Å². The summed E-state index contributed by atoms with van der Waals surface area (Å²) in [5.41, 5.74) is 7.92. The molecule has 130 valence electrons. The van der Waals surface area contributed by atoms with E-state index >= 15 is 0 Å². The largest absolute Gasteiger partial charge is 0.497 e. The van der Waals surface area contributed by atoms with Gasteiger partial charge in [0.1, 0.15) is 5.75 Å². The molecular weight excluding hydrogens is 431 g/mol. The zero-order chi connectivity index (χ0) is 18.1. The summed E-state index contributed by atoms with van der Waals surface area (Å²) >= 11 is 2.52. The van der Waals surface area contributed by atoms with E-state index in [0.717, 1.165) is 10.2 Å². The van der Waals surface area contributed by atoms with Crippen LogP contribution in [-0.4, -0.2) is 11.5 Å². The van der Waals surface area contributed by atoms with E-state index in [2.05, 4.69) is 108 Å². The van der Waals surface area contributed by atoms with Gasteiger partial charge in [-0.2, -0.15) is 0 Å². The Balaban J connectivity index is 2.08. The highest BCUT2D eigenvalue weighted by Crippen LogP contribution is 2.54. The lowest BCUT2D eigenvalue weighted by atomic mass is 9.78. The van der Waals surface area contributed by atoms with E-state index in [-0.39, 0.29) is 5.41 Å². The van der Waals surface area contributed by atoms with Gasteiger partial charge < -0.3 is 4.74 Å². The molecule has 3 aromatic carbocycles. The highest BCUT2D eigenvalue weighted by Gasteiger charge is 2.41. The highest BCUT2D eigenvalue weighted by molar-refractivity contribution is 14.1. The summed E-state index contributed by atoms with van der Waals surface area (Å²) in [6.45, 7) is 2.36. The number of rotatable bonds is 4. The molecule has 0 amide bonds. The van der Waals surface area contributed by atoms with Crippen molar-refractivity contribution in [2.45, 2.75) is 12.3 Å². The number of hydrogen-bond donors (Lipinski definition) is 0. The fourth-order valence-corrected chi connectivity index (χ4v) is 4.77. The summed E-state index contributed by atoms with van der Waals surface area (Å²) in [7, 11) is 1.74. The van der Waals surface area contributed by atoms with Gasteiger partial charge in [-0.25, -0.2) is 0 Å². The normalized spacial score (nSPS) is 18.7. The molecule has 4 rings (SSSR count). The topological polar surface area (TPSA) is 9.23 Å². The summed E-state index contributed by atoms with van der Waals surface area (Å²) in [6.07, 6.45) is 0. The third kappa shape index (κ3) is 2.67. The molecule has 0 bridgehead atoms. The van der Waals surface area contributed by atoms with Crippen molar-refractivity contribution in [3.05, 3.63) is 101 Å². The Bertz CT molecular complexity index is 960. The maximum absolute atomic E-state index is 5.54. The molecule has 0 saturated heterocycles. The van der Waals surface area contributed by atoms with Crippen molar-refractivity contribution in [3.8, 4) is 5.75 Å². The van der Waals surface area contributed by atoms with Gasteiger partial charge in [0.15, 0.2) is 0 Å². The molecular formula is C24H21IO. The van der Waals surface area contributed by atoms with Crippen LogP contribution in [0.4, 0.5) is 0 Å². The Morgan fingerprint density at radius 2 is 1.46 bits per heavy atom. The number of ether oxygens (including phenoxy) is 1. The molecule has 1 atom stereocenters. The molecule has 1 unspecified atom stereocenters. The van der Waals surface area contributed by atoms with Gasteiger partial charge in [-0.3, -0.25) is 0 Å². The molecule has 0 N–H and O–H groups in total. The molecule has 1 nitrogen and oxygen atoms in total. The second-order valence-corrected chi connectivity index (χ2v) is 7.62. The number of fused-ring (bicyclic) bond motifs is 1. The summed E-state index contributed by atoms with van der Waals surface area (Å²) in [5.74, 6) is 0.918. The molecule has 0 saturated carbocycles. The van der Waals surface area contributed by atoms with Crippen LogP contribution in [0.2, 0.25) is 0 Å². The van der Waals surface area contributed by atoms with E-state index < -0.39 is 0 Å². The maximum atomic E-state index is 5.54. The average molecular weight is 452 g/mol. The molecule has 0 spiro atoms. The molecule has 0 heterocycles. The lowest BCUT2D eigenvalue weighted by molar-refractivity contribution is 0.413. The van der Waals surface area contributed by atoms with Crippen molar-refractivity contribution >= 4 is 33.7 Å². The quantitative estimate of drug-likeness (QED) is 0.331. The molecule has 3 aromatic rings. The van der Waals surface area contributed by atoms with Gasteiger partial charge in [-0.1, -0.05) is 96.2 Å². The van der Waals surface area contributed by atoms with E-state index in [1.165, 1.54) is 33.4 Å². The Hall–Kier alpha value is -2.07. The van der Waals surface area contributed by atoms with Gasteiger partial charge in [-0.15, -0.1) is 0 Å². The predicted octanol–water partition coefficient (Wildman–Crippen LogP) is 6.36. The van der Waals surface area contributed by atoms with E-state index in [9.17, 15) is 0 Å². The minimum absolute atomic E-state index is 0.0586. The van der Waals surface area contributed by atoms with Gasteiger partial charge in [0.05, 0.1) is 7.11 Å². The summed E-state index contributed by atoms with van der Waals surface area (Å²) in [6, 6.07) is 28.0. The minimum Gasteiger partial charge on any atom is -0.497 e. The molecule has 0 radical (unpaired) electrons. The van der Waals surface area contributed by atoms with E-state index in [4.69, 9.17) is 4.74 Å². The Morgan fingerprint density at radius 1 is 0.846 bits per heavy atom. The standard InChI is InChI=1S/C24H21IO/c1-24(16-25)21-15-19(26-2)13-14-20(21)22(17-9-5-3-6-10-17)23(24)18-11-7-4-8-12-18/h3-15H,16H2,1-2H3. The van der Waals surface area contributed by atoms with Crippen molar-refractivity contribution in [2.75, 3.05) is 11.5 Å². The van der Waals surface area contributed by atoms with Gasteiger partial charge in [0, 0.05) is 9.84 Å². The zero-order valence-electron chi connectivity index (χ0n) is 15.0. The van der Waals surface area contributed by atoms with Gasteiger partial charge >= 0.3 is 0 Å². The van der Waals surface area contributed by atoms with Crippen molar-refractivity contribution in [1.29, 1.82) is 0 Å². The Kier molecular flexibility index (Phi) is 4.62. The third-order valence-electron chi connectivity index (χ3n) is 5.28. The van der Waals surface area contributed by atoms with Crippen molar-refractivity contribution in [3.63, 3.8) is 0 Å². The fourth-order valence-electron chi connectivity index (χ4n) is 3.98. The molecule has 0 aromatic heterocycles. The van der Waals surface area contributed by atoms with Crippen LogP contribution in [0, 0.1) is 0 Å². The highest BCUT2D eigenvalue weighted by atomic mass is 127. The monoisotopic (exact) mass is 452 g/mol. The van der Waals surface area contributed by atoms with Crippen LogP contribution in [0.15, 0.2) is 78.9 Å². The number of hydrogen-bond acceptors (Lipinski definition) is 1. The maximum Gasteiger partial charge on any atom is 0.119 e. The van der Waals surface area contributed by atoms with Crippen LogP contribution in [0.3, 0.4) is 0 Å². The minimum atomic E-state index is -0.0586. The summed E-state index contributed by atoms with van der Waals surface area (Å²) < 4.78 is 6.54. The number of allylic oxidation sites excluding steroid dienone is 1. The van der Waals surface area contributed by atoms with Crippen molar-refractivity contribution in [1.82, 2.24) is 0 Å². The van der Waals surface area contributed by atoms with E-state index in [1.54, 1.807) is 7.11 Å². The first-order valence-electron chi connectivity index (χ1n) is 8.79. The fraction of sp³-hybridized carbons (Fsp3) is 0.167. The SMILES string of the molecule is COc1ccc2c(c1)C(C)(CI)C(c1ccccc1)=C2c1ccccc1. The number of alkyl halides is 1. The van der Waals surface area contributed by atoms with Crippen LogP contribution in [0.1, 0.15) is 29.2 Å². The van der Waals surface area contributed by atoms with Crippen LogP contribution in [0.25, 0.3) is 11.1 Å². The molecule has 26 heavy (non-hydrogen) atoms. The Labute approximate surface area is 168 Å². The van der Waals surface area contributed by atoms with Crippen LogP contribution in [-0.2, 0) is 5.41 Å². The van der Waals surface area contributed by atoms with Crippen LogP contribution < -0.4 is 4.74 Å². The predicted molar refractivity (Wildman–Crippen MR) is 118 cm³/mol. The van der Waals surface area contributed by atoms with Crippen molar-refractivity contribution < 1.29 is 4.74 Å². The zero-order valence-corrected chi connectivity index (χ0v) is 17.2. The van der Waals surface area contributed by atoms with E-state index in [0.29, 0.717) is 0 Å². The van der Waals surface area contributed by atoms with Crippen LogP contribution in [0.5, 0.6) is 5.75 Å². The van der Waals surface area contributed by atoms with Crippen LogP contribution >= 0.6 is 22.6 Å². The summed E-state index contributed by atoms with van der Waals surface area (Å²) in [4.78, 5) is 0. The first kappa shape index (κ1) is 17.3. The number of halogens is 1. The molecule has 0 fully saturated rings. The van der Waals surface area contributed by atoms with E-state index in [1.807, 2.05) is 0 Å². The third-order valence-corrected chi connectivity index (χ3v) is 6.81. The first-order chi connectivity index (χ1) is 12.7. The molecule has 1 aliphatic carbocycles. The molecule has 2 heteroatoms. The number of methoxy groups -OCH3 is 1. The summed E-state index contributed by atoms with van der Waals surface area (Å²) in [5, 5.41) is 0. The van der Waals surface area contributed by atoms with Gasteiger partial charge in [0.25, 0.3) is 0 Å². The molecule has 0 aliphatic heterocycles. The van der Waals surface area contributed by atoms with Gasteiger partial charge in [-0.05, 0) is 45.5 Å². The average Bonchev–Trinajstić information content (AvgIpc) is 2.98. The second kappa shape index (κ2) is 6.92. The number of benzene rings is 3. The smallest absolute Gasteiger partial charge is 0.119 e. The lowest BCUT2D eigenvalue weighted by Crippen LogP contribution is -2.23.